The Morgan fingerprint density at radius 3 is 2.49 bits per heavy atom. The first-order chi connectivity index (χ1) is 16.9. The summed E-state index contributed by atoms with van der Waals surface area (Å²) < 4.78 is 10.4. The standard InChI is InChI=1S/C25H37N5O5/c1-19(2)16-22(29-24(32)30-12-14-34-15-13-30)23(31)28-21(17-26)10-6-7-11-27-25(33)35-18-20-8-4-3-5-9-20/h3-5,8-9,19,21-22H,6-7,10-16,18H2,1-2H3,(H,27,33)(H,28,31)(H,29,32). The van der Waals surface area contributed by atoms with Gasteiger partial charge in [-0.15, -0.1) is 0 Å². The number of benzene rings is 1. The number of carbonyl (C=O) groups is 3. The van der Waals surface area contributed by atoms with Crippen LogP contribution >= 0.6 is 0 Å². The van der Waals surface area contributed by atoms with Crippen LogP contribution in [0, 0.1) is 17.2 Å². The van der Waals surface area contributed by atoms with Crippen molar-refractivity contribution in [2.24, 2.45) is 5.92 Å². The van der Waals surface area contributed by atoms with Crippen LogP contribution in [0.25, 0.3) is 0 Å². The van der Waals surface area contributed by atoms with Crippen LogP contribution in [0.15, 0.2) is 30.3 Å². The lowest BCUT2D eigenvalue weighted by Gasteiger charge is -2.29. The van der Waals surface area contributed by atoms with E-state index in [1.165, 1.54) is 0 Å². The molecule has 10 nitrogen and oxygen atoms in total. The maximum atomic E-state index is 12.8. The second-order valence-corrected chi connectivity index (χ2v) is 8.91. The highest BCUT2D eigenvalue weighted by molar-refractivity contribution is 5.87. The summed E-state index contributed by atoms with van der Waals surface area (Å²) in [4.78, 5) is 38.8. The lowest BCUT2D eigenvalue weighted by molar-refractivity contribution is -0.123. The zero-order valence-electron chi connectivity index (χ0n) is 20.6. The SMILES string of the molecule is CC(C)CC(NC(=O)N1CCOCC1)C(=O)NC(C#N)CCCCNC(=O)OCc1ccccc1. The topological polar surface area (TPSA) is 133 Å². The number of alkyl carbamates (subject to hydrolysis) is 1. The third-order valence-corrected chi connectivity index (χ3v) is 5.49. The van der Waals surface area contributed by atoms with Gasteiger partial charge in [0.25, 0.3) is 0 Å². The molecule has 0 aromatic heterocycles. The highest BCUT2D eigenvalue weighted by Gasteiger charge is 2.27. The van der Waals surface area contributed by atoms with Crippen molar-refractivity contribution in [3.8, 4) is 6.07 Å². The largest absolute Gasteiger partial charge is 0.445 e. The van der Waals surface area contributed by atoms with Gasteiger partial charge in [-0.05, 0) is 37.2 Å². The van der Waals surface area contributed by atoms with Crippen LogP contribution in [0.4, 0.5) is 9.59 Å². The number of unbranched alkanes of at least 4 members (excludes halogenated alkanes) is 1. The maximum absolute atomic E-state index is 12.8. The van der Waals surface area contributed by atoms with Gasteiger partial charge in [-0.2, -0.15) is 5.26 Å². The van der Waals surface area contributed by atoms with Crippen LogP contribution in [0.5, 0.6) is 0 Å². The molecule has 1 aliphatic heterocycles. The van der Waals surface area contributed by atoms with Crippen LogP contribution in [0.3, 0.4) is 0 Å². The summed E-state index contributed by atoms with van der Waals surface area (Å²) in [5.74, 6) is -0.182. The van der Waals surface area contributed by atoms with Gasteiger partial charge in [0.05, 0.1) is 19.3 Å². The van der Waals surface area contributed by atoms with E-state index in [1.807, 2.05) is 44.2 Å². The molecule has 3 N–H and O–H groups in total. The molecule has 2 unspecified atom stereocenters. The van der Waals surface area contributed by atoms with Crippen molar-refractivity contribution >= 4 is 18.0 Å². The number of hydrogen-bond acceptors (Lipinski definition) is 6. The minimum absolute atomic E-state index is 0.184. The number of nitrogens with one attached hydrogen (secondary N) is 3. The van der Waals surface area contributed by atoms with Gasteiger partial charge < -0.3 is 30.3 Å². The highest BCUT2D eigenvalue weighted by atomic mass is 16.5. The quantitative estimate of drug-likeness (QED) is 0.388. The summed E-state index contributed by atoms with van der Waals surface area (Å²) in [7, 11) is 0. The van der Waals surface area contributed by atoms with Crippen molar-refractivity contribution in [2.75, 3.05) is 32.8 Å². The Balaban J connectivity index is 1.70. The van der Waals surface area contributed by atoms with Crippen LogP contribution in [-0.2, 0) is 20.9 Å². The summed E-state index contributed by atoms with van der Waals surface area (Å²) in [6, 6.07) is 9.83. The van der Waals surface area contributed by atoms with E-state index in [1.54, 1.807) is 4.90 Å². The summed E-state index contributed by atoms with van der Waals surface area (Å²) in [6.07, 6.45) is 1.68. The van der Waals surface area contributed by atoms with Gasteiger partial charge in [0.2, 0.25) is 5.91 Å². The Hall–Kier alpha value is -3.32. The first kappa shape index (κ1) is 27.9. The van der Waals surface area contributed by atoms with Crippen LogP contribution < -0.4 is 16.0 Å². The number of nitriles is 1. The Morgan fingerprint density at radius 1 is 1.11 bits per heavy atom. The van der Waals surface area contributed by atoms with E-state index in [0.717, 1.165) is 5.56 Å². The lowest BCUT2D eigenvalue weighted by atomic mass is 10.0. The Morgan fingerprint density at radius 2 is 1.83 bits per heavy atom. The predicted octanol–water partition coefficient (Wildman–Crippen LogP) is 2.55. The van der Waals surface area contributed by atoms with E-state index >= 15 is 0 Å². The van der Waals surface area contributed by atoms with Crippen LogP contribution in [0.1, 0.15) is 45.1 Å². The van der Waals surface area contributed by atoms with E-state index < -0.39 is 18.2 Å². The molecule has 2 atom stereocenters. The first-order valence-electron chi connectivity index (χ1n) is 12.2. The number of amides is 4. The number of urea groups is 1. The van der Waals surface area contributed by atoms with Gasteiger partial charge in [-0.25, -0.2) is 9.59 Å². The minimum atomic E-state index is -0.720. The molecule has 1 heterocycles. The molecule has 10 heteroatoms. The summed E-state index contributed by atoms with van der Waals surface area (Å²) in [5, 5.41) is 17.7. The smallest absolute Gasteiger partial charge is 0.407 e. The molecule has 1 saturated heterocycles. The Labute approximate surface area is 207 Å². The van der Waals surface area contributed by atoms with E-state index in [-0.39, 0.29) is 24.5 Å². The molecule has 0 aliphatic carbocycles. The van der Waals surface area contributed by atoms with Crippen LogP contribution in [-0.4, -0.2) is 67.9 Å². The fourth-order valence-corrected chi connectivity index (χ4v) is 3.59. The third-order valence-electron chi connectivity index (χ3n) is 5.49. The van der Waals surface area contributed by atoms with E-state index in [0.29, 0.717) is 58.5 Å². The van der Waals surface area contributed by atoms with Gasteiger partial charge in [0.15, 0.2) is 0 Å². The fraction of sp³-hybridized carbons (Fsp3) is 0.600. The first-order valence-corrected chi connectivity index (χ1v) is 12.2. The third kappa shape index (κ3) is 11.1. The number of carbonyl (C=O) groups excluding carboxylic acids is 3. The van der Waals surface area contributed by atoms with E-state index in [9.17, 15) is 19.6 Å². The zero-order chi connectivity index (χ0) is 25.5. The number of rotatable bonds is 12. The molecule has 2 rings (SSSR count). The normalized spacial score (nSPS) is 15.0. The second-order valence-electron chi connectivity index (χ2n) is 8.91. The average Bonchev–Trinajstić information content (AvgIpc) is 2.86. The number of hydrogen-bond donors (Lipinski definition) is 3. The van der Waals surface area contributed by atoms with Gasteiger partial charge in [-0.1, -0.05) is 44.2 Å². The second kappa shape index (κ2) is 15.6. The zero-order valence-corrected chi connectivity index (χ0v) is 20.6. The predicted molar refractivity (Wildman–Crippen MR) is 130 cm³/mol. The lowest BCUT2D eigenvalue weighted by Crippen LogP contribution is -2.54. The van der Waals surface area contributed by atoms with Crippen molar-refractivity contribution in [1.82, 2.24) is 20.9 Å². The molecule has 0 saturated carbocycles. The van der Waals surface area contributed by atoms with Gasteiger partial charge >= 0.3 is 12.1 Å². The molecule has 1 aliphatic rings. The van der Waals surface area contributed by atoms with Gasteiger partial charge in [0.1, 0.15) is 18.7 Å². The summed E-state index contributed by atoms with van der Waals surface area (Å²) >= 11 is 0. The minimum Gasteiger partial charge on any atom is -0.445 e. The summed E-state index contributed by atoms with van der Waals surface area (Å²) in [6.45, 7) is 6.48. The van der Waals surface area contributed by atoms with Crippen molar-refractivity contribution in [3.63, 3.8) is 0 Å². The molecular formula is C25H37N5O5. The van der Waals surface area contributed by atoms with Crippen molar-refractivity contribution in [2.45, 2.75) is 58.2 Å². The molecule has 4 amide bonds. The average molecular weight is 488 g/mol. The molecule has 1 aromatic carbocycles. The molecule has 0 bridgehead atoms. The molecule has 0 spiro atoms. The summed E-state index contributed by atoms with van der Waals surface area (Å²) in [5.41, 5.74) is 0.909. The molecular weight excluding hydrogens is 450 g/mol. The van der Waals surface area contributed by atoms with E-state index in [2.05, 4.69) is 22.0 Å². The Bertz CT molecular complexity index is 836. The van der Waals surface area contributed by atoms with E-state index in [4.69, 9.17) is 9.47 Å². The molecule has 1 fully saturated rings. The fourth-order valence-electron chi connectivity index (χ4n) is 3.59. The van der Waals surface area contributed by atoms with Crippen molar-refractivity contribution < 1.29 is 23.9 Å². The molecule has 192 valence electrons. The number of morpholine rings is 1. The highest BCUT2D eigenvalue weighted by Crippen LogP contribution is 2.09. The molecule has 0 radical (unpaired) electrons. The molecule has 35 heavy (non-hydrogen) atoms. The Kier molecular flexibility index (Phi) is 12.4. The van der Waals surface area contributed by atoms with Crippen molar-refractivity contribution in [1.29, 1.82) is 5.26 Å². The van der Waals surface area contributed by atoms with Gasteiger partial charge in [-0.3, -0.25) is 4.79 Å². The molecule has 1 aromatic rings. The van der Waals surface area contributed by atoms with Crippen LogP contribution in [0.2, 0.25) is 0 Å². The van der Waals surface area contributed by atoms with Crippen molar-refractivity contribution in [3.05, 3.63) is 35.9 Å². The van der Waals surface area contributed by atoms with Gasteiger partial charge in [0, 0.05) is 19.6 Å². The number of nitrogens with zero attached hydrogens (tertiary/aromatic N) is 2. The number of ether oxygens (including phenoxy) is 2. The monoisotopic (exact) mass is 487 g/mol. The maximum Gasteiger partial charge on any atom is 0.407 e.